The fourth-order valence-corrected chi connectivity index (χ4v) is 6.34. The fraction of sp³-hybridized carbons (Fsp3) is 0.364. The van der Waals surface area contributed by atoms with E-state index in [-0.39, 0.29) is 15.8 Å². The molecule has 8 heteroatoms. The Kier molecular flexibility index (Phi) is 5.58. The summed E-state index contributed by atoms with van der Waals surface area (Å²) in [5.74, 6) is 0.0476. The topological polar surface area (TPSA) is 81.5 Å². The first-order chi connectivity index (χ1) is 14.4. The van der Waals surface area contributed by atoms with Gasteiger partial charge in [-0.3, -0.25) is 4.79 Å². The zero-order chi connectivity index (χ0) is 21.4. The average molecular weight is 444 g/mol. The average Bonchev–Trinajstić information content (AvgIpc) is 3.05. The molecular weight excluding hydrogens is 422 g/mol. The minimum absolute atomic E-state index is 0.0476. The van der Waals surface area contributed by atoms with Gasteiger partial charge in [0.2, 0.25) is 15.9 Å². The van der Waals surface area contributed by atoms with E-state index in [0.717, 1.165) is 11.3 Å². The van der Waals surface area contributed by atoms with E-state index in [1.54, 1.807) is 23.1 Å². The van der Waals surface area contributed by atoms with E-state index in [9.17, 15) is 13.2 Å². The molecule has 0 saturated carbocycles. The lowest BCUT2D eigenvalue weighted by molar-refractivity contribution is -0.127. The highest BCUT2D eigenvalue weighted by Crippen LogP contribution is 2.44. The van der Waals surface area contributed by atoms with Gasteiger partial charge in [-0.05, 0) is 49.1 Å². The normalized spacial score (nSPS) is 19.2. The van der Waals surface area contributed by atoms with Gasteiger partial charge in [-0.2, -0.15) is 9.57 Å². The Morgan fingerprint density at radius 1 is 1.03 bits per heavy atom. The standard InChI is InChI=1S/C22H22ClN3O3S/c23-19-6-1-2-7-20(19)30(28,29)25-13-9-22(10-14-25)11-15-26(21(22)27)18-5-3-4-17(16-18)8-12-24/h1-7,16H,8-11,13-15H2. The molecule has 6 nitrogen and oxygen atoms in total. The number of benzene rings is 2. The van der Waals surface area contributed by atoms with Gasteiger partial charge in [0.25, 0.3) is 0 Å². The summed E-state index contributed by atoms with van der Waals surface area (Å²) in [7, 11) is -3.69. The van der Waals surface area contributed by atoms with Crippen LogP contribution in [0.5, 0.6) is 0 Å². The highest BCUT2D eigenvalue weighted by atomic mass is 35.5. The molecule has 30 heavy (non-hydrogen) atoms. The van der Waals surface area contributed by atoms with Crippen molar-refractivity contribution in [1.82, 2.24) is 4.31 Å². The second-order valence-corrected chi connectivity index (χ2v) is 10.1. The highest BCUT2D eigenvalue weighted by Gasteiger charge is 2.50. The number of nitriles is 1. The summed E-state index contributed by atoms with van der Waals surface area (Å²) in [5, 5.41) is 9.13. The molecule has 2 aromatic carbocycles. The van der Waals surface area contributed by atoms with Gasteiger partial charge in [0.15, 0.2) is 0 Å². The molecule has 2 fully saturated rings. The molecule has 0 aliphatic carbocycles. The molecule has 0 aromatic heterocycles. The first kappa shape index (κ1) is 20.9. The maximum atomic E-state index is 13.3. The Bertz CT molecular complexity index is 1120. The Balaban J connectivity index is 1.50. The van der Waals surface area contributed by atoms with Crippen LogP contribution < -0.4 is 4.90 Å². The molecule has 2 aliphatic rings. The largest absolute Gasteiger partial charge is 0.312 e. The summed E-state index contributed by atoms with van der Waals surface area (Å²) in [6.07, 6.45) is 1.98. The van der Waals surface area contributed by atoms with Gasteiger partial charge in [0, 0.05) is 25.3 Å². The summed E-state index contributed by atoms with van der Waals surface area (Å²) >= 11 is 6.11. The van der Waals surface area contributed by atoms with Gasteiger partial charge in [-0.1, -0.05) is 35.9 Å². The zero-order valence-corrected chi connectivity index (χ0v) is 18.0. The van der Waals surface area contributed by atoms with Crippen LogP contribution in [0.4, 0.5) is 5.69 Å². The van der Waals surface area contributed by atoms with Crippen LogP contribution in [0.1, 0.15) is 24.8 Å². The number of nitrogens with zero attached hydrogens (tertiary/aromatic N) is 3. The summed E-state index contributed by atoms with van der Waals surface area (Å²) in [4.78, 5) is 15.2. The third kappa shape index (κ3) is 3.60. The molecule has 1 spiro atoms. The molecular formula is C22H22ClN3O3S. The van der Waals surface area contributed by atoms with Crippen LogP contribution in [0.2, 0.25) is 5.02 Å². The zero-order valence-electron chi connectivity index (χ0n) is 16.4. The monoisotopic (exact) mass is 443 g/mol. The number of carbonyl (C=O) groups is 1. The number of rotatable bonds is 4. The molecule has 2 aromatic rings. The number of hydrogen-bond donors (Lipinski definition) is 0. The van der Waals surface area contributed by atoms with E-state index in [1.165, 1.54) is 10.4 Å². The van der Waals surface area contributed by atoms with Crippen molar-refractivity contribution >= 4 is 33.2 Å². The number of anilines is 1. The van der Waals surface area contributed by atoms with E-state index >= 15 is 0 Å². The van der Waals surface area contributed by atoms with E-state index in [2.05, 4.69) is 6.07 Å². The minimum atomic E-state index is -3.69. The summed E-state index contributed by atoms with van der Waals surface area (Å²) in [5.41, 5.74) is 1.15. The van der Waals surface area contributed by atoms with Crippen LogP contribution in [-0.4, -0.2) is 38.3 Å². The van der Waals surface area contributed by atoms with E-state index < -0.39 is 15.4 Å². The smallest absolute Gasteiger partial charge is 0.244 e. The molecule has 156 valence electrons. The lowest BCUT2D eigenvalue weighted by atomic mass is 9.77. The molecule has 0 N–H and O–H groups in total. The first-order valence-corrected chi connectivity index (χ1v) is 11.7. The second-order valence-electron chi connectivity index (χ2n) is 7.83. The fourth-order valence-electron chi connectivity index (χ4n) is 4.40. The molecule has 2 heterocycles. The van der Waals surface area contributed by atoms with Crippen molar-refractivity contribution in [2.24, 2.45) is 5.41 Å². The third-order valence-electron chi connectivity index (χ3n) is 6.15. The number of piperidine rings is 1. The van der Waals surface area contributed by atoms with Gasteiger partial charge >= 0.3 is 0 Å². The first-order valence-electron chi connectivity index (χ1n) is 9.90. The molecule has 0 radical (unpaired) electrons. The van der Waals surface area contributed by atoms with Crippen LogP contribution in [-0.2, 0) is 21.2 Å². The predicted molar refractivity (Wildman–Crippen MR) is 115 cm³/mol. The Morgan fingerprint density at radius 2 is 1.73 bits per heavy atom. The van der Waals surface area contributed by atoms with Crippen molar-refractivity contribution in [1.29, 1.82) is 5.26 Å². The van der Waals surface area contributed by atoms with Crippen molar-refractivity contribution in [2.45, 2.75) is 30.6 Å². The molecule has 0 atom stereocenters. The number of carbonyl (C=O) groups excluding carboxylic acids is 1. The van der Waals surface area contributed by atoms with Crippen molar-refractivity contribution < 1.29 is 13.2 Å². The van der Waals surface area contributed by atoms with E-state index in [0.29, 0.717) is 45.3 Å². The van der Waals surface area contributed by atoms with Crippen molar-refractivity contribution in [3.05, 3.63) is 59.1 Å². The van der Waals surface area contributed by atoms with E-state index in [1.807, 2.05) is 24.3 Å². The number of amides is 1. The second kappa shape index (κ2) is 8.03. The number of sulfonamides is 1. The van der Waals surface area contributed by atoms with Gasteiger partial charge in [-0.25, -0.2) is 8.42 Å². The molecule has 1 amide bonds. The van der Waals surface area contributed by atoms with Gasteiger partial charge in [0.05, 0.1) is 22.9 Å². The Labute approximate surface area is 181 Å². The maximum absolute atomic E-state index is 13.3. The molecule has 2 saturated heterocycles. The summed E-state index contributed by atoms with van der Waals surface area (Å²) in [6, 6.07) is 16.1. The molecule has 2 aliphatic heterocycles. The number of hydrogen-bond acceptors (Lipinski definition) is 4. The van der Waals surface area contributed by atoms with Gasteiger partial charge < -0.3 is 4.90 Å². The molecule has 0 bridgehead atoms. The quantitative estimate of drug-likeness (QED) is 0.722. The maximum Gasteiger partial charge on any atom is 0.244 e. The molecule has 4 rings (SSSR count). The van der Waals surface area contributed by atoms with Crippen LogP contribution >= 0.6 is 11.6 Å². The van der Waals surface area contributed by atoms with Crippen LogP contribution in [0.25, 0.3) is 0 Å². The van der Waals surface area contributed by atoms with Crippen LogP contribution in [0, 0.1) is 16.7 Å². The third-order valence-corrected chi connectivity index (χ3v) is 8.55. The van der Waals surface area contributed by atoms with Gasteiger partial charge in [-0.15, -0.1) is 0 Å². The Hall–Kier alpha value is -2.40. The number of halogens is 1. The van der Waals surface area contributed by atoms with Gasteiger partial charge in [0.1, 0.15) is 4.90 Å². The Morgan fingerprint density at radius 3 is 2.43 bits per heavy atom. The predicted octanol–water partition coefficient (Wildman–Crippen LogP) is 3.61. The van der Waals surface area contributed by atoms with Crippen molar-refractivity contribution in [3.8, 4) is 6.07 Å². The highest BCUT2D eigenvalue weighted by molar-refractivity contribution is 7.89. The summed E-state index contributed by atoms with van der Waals surface area (Å²) < 4.78 is 27.4. The van der Waals surface area contributed by atoms with Crippen molar-refractivity contribution in [2.75, 3.05) is 24.5 Å². The van der Waals surface area contributed by atoms with Crippen LogP contribution in [0.3, 0.4) is 0 Å². The SMILES string of the molecule is N#CCc1cccc(N2CCC3(CCN(S(=O)(=O)c4ccccc4Cl)CC3)C2=O)c1. The molecule has 0 unspecified atom stereocenters. The van der Waals surface area contributed by atoms with E-state index in [4.69, 9.17) is 16.9 Å². The van der Waals surface area contributed by atoms with Crippen molar-refractivity contribution in [3.63, 3.8) is 0 Å². The lowest BCUT2D eigenvalue weighted by Crippen LogP contribution is -2.46. The lowest BCUT2D eigenvalue weighted by Gasteiger charge is -2.37. The van der Waals surface area contributed by atoms with Crippen LogP contribution in [0.15, 0.2) is 53.4 Å². The minimum Gasteiger partial charge on any atom is -0.312 e. The summed E-state index contributed by atoms with van der Waals surface area (Å²) in [6.45, 7) is 1.19.